The van der Waals surface area contributed by atoms with E-state index in [1.165, 1.54) is 0 Å². The highest BCUT2D eigenvalue weighted by Gasteiger charge is 2.30. The van der Waals surface area contributed by atoms with Crippen molar-refractivity contribution in [3.8, 4) is 0 Å². The van der Waals surface area contributed by atoms with Crippen LogP contribution >= 0.6 is 0 Å². The van der Waals surface area contributed by atoms with Crippen molar-refractivity contribution in [2.24, 2.45) is 0 Å². The standard InChI is InChI=1S/C12H11F3N2O3/c13-12(14,15)7-2-3-8-9(6-7)17(4-1-5-18)11(20)10(19)16-8/h2-3,6,18H,1,4-5H2,(H,16,19). The van der Waals surface area contributed by atoms with Gasteiger partial charge in [-0.15, -0.1) is 0 Å². The third-order valence-corrected chi connectivity index (χ3v) is 2.84. The number of aryl methyl sites for hydroxylation is 1. The number of nitrogens with one attached hydrogen (secondary N) is 1. The van der Waals surface area contributed by atoms with E-state index < -0.39 is 22.9 Å². The maximum absolute atomic E-state index is 12.7. The van der Waals surface area contributed by atoms with Crippen LogP contribution in [0.2, 0.25) is 0 Å². The highest BCUT2D eigenvalue weighted by Crippen LogP contribution is 2.30. The molecule has 2 rings (SSSR count). The minimum Gasteiger partial charge on any atom is -0.396 e. The monoisotopic (exact) mass is 288 g/mol. The van der Waals surface area contributed by atoms with Crippen LogP contribution in [0.3, 0.4) is 0 Å². The SMILES string of the molecule is O=c1[nH]c2ccc(C(F)(F)F)cc2n(CCCO)c1=O. The van der Waals surface area contributed by atoms with Crippen LogP contribution in [0.15, 0.2) is 27.8 Å². The van der Waals surface area contributed by atoms with Gasteiger partial charge in [0.05, 0.1) is 16.6 Å². The third kappa shape index (κ3) is 2.60. The van der Waals surface area contributed by atoms with Gasteiger partial charge in [-0.25, -0.2) is 0 Å². The Kier molecular flexibility index (Phi) is 3.67. The first kappa shape index (κ1) is 14.3. The molecule has 1 aromatic carbocycles. The Hall–Kier alpha value is -2.09. The van der Waals surface area contributed by atoms with E-state index in [-0.39, 0.29) is 30.6 Å². The number of aromatic nitrogens is 2. The van der Waals surface area contributed by atoms with E-state index in [4.69, 9.17) is 5.11 Å². The van der Waals surface area contributed by atoms with E-state index in [1.54, 1.807) is 0 Å². The van der Waals surface area contributed by atoms with Crippen LogP contribution in [0.25, 0.3) is 11.0 Å². The molecule has 5 nitrogen and oxygen atoms in total. The van der Waals surface area contributed by atoms with Crippen molar-refractivity contribution in [3.05, 3.63) is 44.5 Å². The second-order valence-electron chi connectivity index (χ2n) is 4.22. The number of hydrogen-bond acceptors (Lipinski definition) is 3. The molecule has 0 spiro atoms. The van der Waals surface area contributed by atoms with Crippen LogP contribution in [-0.2, 0) is 12.7 Å². The lowest BCUT2D eigenvalue weighted by atomic mass is 10.2. The number of aromatic amines is 1. The van der Waals surface area contributed by atoms with Gasteiger partial charge in [0.25, 0.3) is 0 Å². The summed E-state index contributed by atoms with van der Waals surface area (Å²) < 4.78 is 39.0. The quantitative estimate of drug-likeness (QED) is 0.830. The summed E-state index contributed by atoms with van der Waals surface area (Å²) in [5.74, 6) is 0. The first-order valence-corrected chi connectivity index (χ1v) is 5.79. The lowest BCUT2D eigenvalue weighted by Gasteiger charge is -2.12. The molecule has 0 radical (unpaired) electrons. The zero-order valence-corrected chi connectivity index (χ0v) is 10.2. The van der Waals surface area contributed by atoms with Crippen molar-refractivity contribution in [1.82, 2.24) is 9.55 Å². The Morgan fingerprint density at radius 3 is 2.55 bits per heavy atom. The largest absolute Gasteiger partial charge is 0.416 e. The molecule has 0 fully saturated rings. The molecule has 0 bridgehead atoms. The normalized spacial score (nSPS) is 12.0. The predicted octanol–water partition coefficient (Wildman–Crippen LogP) is 1.09. The first-order chi connectivity index (χ1) is 9.34. The number of aliphatic hydroxyl groups is 1. The number of fused-ring (bicyclic) bond motifs is 1. The average molecular weight is 288 g/mol. The Labute approximate surface area is 110 Å². The van der Waals surface area contributed by atoms with E-state index in [0.717, 1.165) is 22.8 Å². The van der Waals surface area contributed by atoms with Crippen molar-refractivity contribution < 1.29 is 18.3 Å². The molecule has 8 heteroatoms. The van der Waals surface area contributed by atoms with Crippen LogP contribution in [0.1, 0.15) is 12.0 Å². The van der Waals surface area contributed by atoms with Gasteiger partial charge in [0, 0.05) is 13.2 Å². The summed E-state index contributed by atoms with van der Waals surface area (Å²) in [6, 6.07) is 2.75. The number of aliphatic hydroxyl groups excluding tert-OH is 1. The Balaban J connectivity index is 2.74. The van der Waals surface area contributed by atoms with Gasteiger partial charge in [-0.1, -0.05) is 0 Å². The van der Waals surface area contributed by atoms with Crippen molar-refractivity contribution >= 4 is 11.0 Å². The molecule has 0 aliphatic rings. The summed E-state index contributed by atoms with van der Waals surface area (Å²) >= 11 is 0. The number of H-pyrrole nitrogens is 1. The maximum atomic E-state index is 12.7. The van der Waals surface area contributed by atoms with E-state index in [1.807, 2.05) is 0 Å². The topological polar surface area (TPSA) is 75.1 Å². The molecule has 0 aliphatic carbocycles. The molecule has 1 heterocycles. The molecule has 20 heavy (non-hydrogen) atoms. The van der Waals surface area contributed by atoms with Gasteiger partial charge in [0.2, 0.25) is 0 Å². The average Bonchev–Trinajstić information content (AvgIpc) is 2.38. The van der Waals surface area contributed by atoms with Crippen molar-refractivity contribution in [2.45, 2.75) is 19.1 Å². The molecular formula is C12H11F3N2O3. The van der Waals surface area contributed by atoms with Gasteiger partial charge in [0.15, 0.2) is 0 Å². The second-order valence-corrected chi connectivity index (χ2v) is 4.22. The van der Waals surface area contributed by atoms with Crippen molar-refractivity contribution in [3.63, 3.8) is 0 Å². The number of rotatable bonds is 3. The zero-order valence-electron chi connectivity index (χ0n) is 10.2. The van der Waals surface area contributed by atoms with Gasteiger partial charge in [-0.2, -0.15) is 13.2 Å². The molecule has 0 saturated heterocycles. The summed E-state index contributed by atoms with van der Waals surface area (Å²) in [6.45, 7) is -0.267. The van der Waals surface area contributed by atoms with Crippen LogP contribution in [0.5, 0.6) is 0 Å². The summed E-state index contributed by atoms with van der Waals surface area (Å²) in [6.07, 6.45) is -4.38. The first-order valence-electron chi connectivity index (χ1n) is 5.79. The molecule has 0 atom stereocenters. The van der Waals surface area contributed by atoms with Gasteiger partial charge in [0.1, 0.15) is 0 Å². The van der Waals surface area contributed by atoms with Crippen LogP contribution < -0.4 is 11.1 Å². The van der Waals surface area contributed by atoms with E-state index >= 15 is 0 Å². The van der Waals surface area contributed by atoms with Crippen molar-refractivity contribution in [2.75, 3.05) is 6.61 Å². The number of alkyl halides is 3. The fourth-order valence-electron chi connectivity index (χ4n) is 1.90. The summed E-state index contributed by atoms with van der Waals surface area (Å²) in [4.78, 5) is 25.4. The second kappa shape index (κ2) is 5.12. The lowest BCUT2D eigenvalue weighted by molar-refractivity contribution is -0.137. The summed E-state index contributed by atoms with van der Waals surface area (Å²) in [5.41, 5.74) is -2.63. The maximum Gasteiger partial charge on any atom is 0.416 e. The van der Waals surface area contributed by atoms with E-state index in [2.05, 4.69) is 4.98 Å². The fourth-order valence-corrected chi connectivity index (χ4v) is 1.90. The van der Waals surface area contributed by atoms with Gasteiger partial charge >= 0.3 is 17.3 Å². The molecule has 0 aliphatic heterocycles. The lowest BCUT2D eigenvalue weighted by Crippen LogP contribution is -2.36. The Morgan fingerprint density at radius 1 is 1.25 bits per heavy atom. The molecule has 0 amide bonds. The smallest absolute Gasteiger partial charge is 0.396 e. The molecule has 0 unspecified atom stereocenters. The summed E-state index contributed by atoms with van der Waals surface area (Å²) in [7, 11) is 0. The van der Waals surface area contributed by atoms with Crippen LogP contribution in [-0.4, -0.2) is 21.3 Å². The minimum atomic E-state index is -4.54. The number of nitrogens with zero attached hydrogens (tertiary/aromatic N) is 1. The molecular weight excluding hydrogens is 277 g/mol. The van der Waals surface area contributed by atoms with Crippen LogP contribution in [0.4, 0.5) is 13.2 Å². The minimum absolute atomic E-state index is 0.0159. The summed E-state index contributed by atoms with van der Waals surface area (Å²) in [5, 5.41) is 8.76. The molecule has 2 aromatic rings. The third-order valence-electron chi connectivity index (χ3n) is 2.84. The molecule has 1 aromatic heterocycles. The van der Waals surface area contributed by atoms with Crippen molar-refractivity contribution in [1.29, 1.82) is 0 Å². The Morgan fingerprint density at radius 2 is 1.95 bits per heavy atom. The van der Waals surface area contributed by atoms with E-state index in [9.17, 15) is 22.8 Å². The van der Waals surface area contributed by atoms with Gasteiger partial charge in [-0.05, 0) is 24.6 Å². The van der Waals surface area contributed by atoms with Crippen LogP contribution in [0, 0.1) is 0 Å². The molecule has 2 N–H and O–H groups in total. The number of halogens is 3. The highest BCUT2D eigenvalue weighted by molar-refractivity contribution is 5.75. The van der Waals surface area contributed by atoms with Gasteiger partial charge < -0.3 is 14.7 Å². The Bertz CT molecular complexity index is 746. The zero-order chi connectivity index (χ0) is 14.9. The molecule has 0 saturated carbocycles. The molecule has 108 valence electrons. The fraction of sp³-hybridized carbons (Fsp3) is 0.333. The highest BCUT2D eigenvalue weighted by atomic mass is 19.4. The predicted molar refractivity (Wildman–Crippen MR) is 65.5 cm³/mol. The van der Waals surface area contributed by atoms with E-state index in [0.29, 0.717) is 0 Å². The number of benzene rings is 1. The number of hydrogen-bond donors (Lipinski definition) is 2. The van der Waals surface area contributed by atoms with Gasteiger partial charge in [-0.3, -0.25) is 9.59 Å².